The van der Waals surface area contributed by atoms with E-state index in [9.17, 15) is 13.2 Å². The predicted octanol–water partition coefficient (Wildman–Crippen LogP) is 3.80. The van der Waals surface area contributed by atoms with Crippen LogP contribution in [0.2, 0.25) is 0 Å². The van der Waals surface area contributed by atoms with Gasteiger partial charge in [0.05, 0.1) is 22.1 Å². The lowest BCUT2D eigenvalue weighted by molar-refractivity contribution is -0.136. The third kappa shape index (κ3) is 1.68. The summed E-state index contributed by atoms with van der Waals surface area (Å²) in [5.74, 6) is 0. The molecule has 18 heavy (non-hydrogen) atoms. The highest BCUT2D eigenvalue weighted by atomic mass is 19.4. The maximum Gasteiger partial charge on any atom is 0.418 e. The molecule has 0 unspecified atom stereocenters. The van der Waals surface area contributed by atoms with Crippen molar-refractivity contribution in [1.82, 2.24) is 9.97 Å². The molecule has 0 aliphatic heterocycles. The summed E-state index contributed by atoms with van der Waals surface area (Å²) < 4.78 is 38.6. The molecule has 0 radical (unpaired) electrons. The van der Waals surface area contributed by atoms with E-state index >= 15 is 0 Å². The quantitative estimate of drug-likeness (QED) is 0.565. The second-order valence-electron chi connectivity index (χ2n) is 3.88. The molecule has 1 heterocycles. The van der Waals surface area contributed by atoms with Gasteiger partial charge in [0.25, 0.3) is 0 Å². The molecular weight excluding hydrogens is 241 g/mol. The molecule has 2 aromatic carbocycles. The van der Waals surface area contributed by atoms with Crippen LogP contribution in [0, 0.1) is 0 Å². The van der Waals surface area contributed by atoms with E-state index < -0.39 is 11.7 Å². The van der Waals surface area contributed by atoms with Crippen molar-refractivity contribution in [1.29, 1.82) is 0 Å². The highest BCUT2D eigenvalue weighted by Gasteiger charge is 2.33. The summed E-state index contributed by atoms with van der Waals surface area (Å²) in [6.07, 6.45) is -4.42. The van der Waals surface area contributed by atoms with Crippen LogP contribution in [0.4, 0.5) is 13.2 Å². The molecule has 0 amide bonds. The number of rotatable bonds is 0. The fourth-order valence-corrected chi connectivity index (χ4v) is 1.87. The Morgan fingerprint density at radius 3 is 2.00 bits per heavy atom. The number of halogens is 3. The van der Waals surface area contributed by atoms with Gasteiger partial charge in [-0.05, 0) is 24.3 Å². The number of hydrogen-bond acceptors (Lipinski definition) is 2. The summed E-state index contributed by atoms with van der Waals surface area (Å²) in [6.45, 7) is 0. The van der Waals surface area contributed by atoms with Gasteiger partial charge in [0.2, 0.25) is 0 Å². The Kier molecular flexibility index (Phi) is 2.23. The van der Waals surface area contributed by atoms with Crippen LogP contribution in [0.5, 0.6) is 0 Å². The van der Waals surface area contributed by atoms with Crippen LogP contribution in [-0.2, 0) is 6.18 Å². The molecule has 90 valence electrons. The first-order valence-electron chi connectivity index (χ1n) is 5.28. The minimum absolute atomic E-state index is 0.108. The van der Waals surface area contributed by atoms with Crippen LogP contribution in [-0.4, -0.2) is 9.97 Å². The maximum atomic E-state index is 12.9. The fraction of sp³-hybridized carbons (Fsp3) is 0.0769. The van der Waals surface area contributed by atoms with Crippen molar-refractivity contribution in [2.75, 3.05) is 0 Å². The summed E-state index contributed by atoms with van der Waals surface area (Å²) in [7, 11) is 0. The number of benzene rings is 2. The van der Waals surface area contributed by atoms with Gasteiger partial charge in [-0.25, -0.2) is 9.97 Å². The minimum Gasteiger partial charge on any atom is -0.244 e. The first-order valence-corrected chi connectivity index (χ1v) is 5.28. The van der Waals surface area contributed by atoms with Crippen LogP contribution >= 0.6 is 0 Å². The first-order chi connectivity index (χ1) is 8.55. The van der Waals surface area contributed by atoms with Gasteiger partial charge in [-0.15, -0.1) is 0 Å². The third-order valence-electron chi connectivity index (χ3n) is 2.68. The standard InChI is InChI=1S/C13H7F3N2/c14-13(15,16)8-4-3-7-11-12(8)18-10-6-2-1-5-9(10)17-11/h1-7H. The Labute approximate surface area is 100 Å². The fourth-order valence-electron chi connectivity index (χ4n) is 1.87. The normalized spacial score (nSPS) is 12.2. The van der Waals surface area contributed by atoms with Crippen LogP contribution < -0.4 is 0 Å². The Bertz CT molecular complexity index is 735. The molecule has 0 N–H and O–H groups in total. The lowest BCUT2D eigenvalue weighted by Crippen LogP contribution is -2.07. The number of nitrogens with zero attached hydrogens (tertiary/aromatic N) is 2. The average molecular weight is 248 g/mol. The Morgan fingerprint density at radius 1 is 0.722 bits per heavy atom. The zero-order valence-corrected chi connectivity index (χ0v) is 9.07. The Balaban J connectivity index is 2.44. The molecular formula is C13H7F3N2. The molecule has 3 aromatic rings. The first kappa shape index (κ1) is 11.0. The molecule has 0 spiro atoms. The van der Waals surface area contributed by atoms with Gasteiger partial charge in [-0.2, -0.15) is 13.2 Å². The molecule has 0 saturated carbocycles. The topological polar surface area (TPSA) is 25.8 Å². The van der Waals surface area contributed by atoms with E-state index in [4.69, 9.17) is 0 Å². The molecule has 0 aliphatic rings. The summed E-state index contributed by atoms with van der Waals surface area (Å²) in [5, 5.41) is 0. The second-order valence-corrected chi connectivity index (χ2v) is 3.88. The SMILES string of the molecule is FC(F)(F)c1cccc2nc3ccccc3nc12. The summed E-state index contributed by atoms with van der Waals surface area (Å²) in [4.78, 5) is 8.25. The van der Waals surface area contributed by atoms with Gasteiger partial charge in [0.15, 0.2) is 0 Å². The van der Waals surface area contributed by atoms with Crippen molar-refractivity contribution in [3.05, 3.63) is 48.0 Å². The van der Waals surface area contributed by atoms with Crippen LogP contribution in [0.1, 0.15) is 5.56 Å². The van der Waals surface area contributed by atoms with Crippen molar-refractivity contribution >= 4 is 22.1 Å². The van der Waals surface area contributed by atoms with Gasteiger partial charge in [-0.3, -0.25) is 0 Å². The number of hydrogen-bond donors (Lipinski definition) is 0. The monoisotopic (exact) mass is 248 g/mol. The zero-order chi connectivity index (χ0) is 12.8. The van der Waals surface area contributed by atoms with Gasteiger partial charge >= 0.3 is 6.18 Å². The van der Waals surface area contributed by atoms with Gasteiger partial charge in [0, 0.05) is 0 Å². The molecule has 0 saturated heterocycles. The van der Waals surface area contributed by atoms with E-state index in [-0.39, 0.29) is 11.0 Å². The summed E-state index contributed by atoms with van der Waals surface area (Å²) in [5.41, 5.74) is 0.441. The van der Waals surface area contributed by atoms with Crippen molar-refractivity contribution in [2.45, 2.75) is 6.18 Å². The largest absolute Gasteiger partial charge is 0.418 e. The van der Waals surface area contributed by atoms with Crippen LogP contribution in [0.3, 0.4) is 0 Å². The Morgan fingerprint density at radius 2 is 1.33 bits per heavy atom. The van der Waals surface area contributed by atoms with Crippen molar-refractivity contribution < 1.29 is 13.2 Å². The number of fused-ring (bicyclic) bond motifs is 2. The molecule has 0 bridgehead atoms. The lowest BCUT2D eigenvalue weighted by Gasteiger charge is -2.09. The van der Waals surface area contributed by atoms with E-state index in [1.54, 1.807) is 24.3 Å². The Hall–Kier alpha value is -2.17. The van der Waals surface area contributed by atoms with Crippen LogP contribution in [0.15, 0.2) is 42.5 Å². The minimum atomic E-state index is -4.42. The second kappa shape index (κ2) is 3.66. The summed E-state index contributed by atoms with van der Waals surface area (Å²) in [6, 6.07) is 10.8. The molecule has 5 heteroatoms. The number of aromatic nitrogens is 2. The zero-order valence-electron chi connectivity index (χ0n) is 9.07. The van der Waals surface area contributed by atoms with Crippen LogP contribution in [0.25, 0.3) is 22.1 Å². The molecule has 1 aromatic heterocycles. The molecule has 3 rings (SSSR count). The van der Waals surface area contributed by atoms with Crippen molar-refractivity contribution in [3.63, 3.8) is 0 Å². The lowest BCUT2D eigenvalue weighted by atomic mass is 10.1. The van der Waals surface area contributed by atoms with Crippen molar-refractivity contribution in [2.24, 2.45) is 0 Å². The number of alkyl halides is 3. The maximum absolute atomic E-state index is 12.9. The van der Waals surface area contributed by atoms with Gasteiger partial charge in [-0.1, -0.05) is 18.2 Å². The molecule has 0 aliphatic carbocycles. The van der Waals surface area contributed by atoms with E-state index in [0.717, 1.165) is 6.07 Å². The third-order valence-corrected chi connectivity index (χ3v) is 2.68. The number of para-hydroxylation sites is 3. The highest BCUT2D eigenvalue weighted by molar-refractivity contribution is 5.88. The smallest absolute Gasteiger partial charge is 0.244 e. The van der Waals surface area contributed by atoms with E-state index in [1.807, 2.05) is 0 Å². The van der Waals surface area contributed by atoms with Crippen molar-refractivity contribution in [3.8, 4) is 0 Å². The summed E-state index contributed by atoms with van der Waals surface area (Å²) >= 11 is 0. The average Bonchev–Trinajstić information content (AvgIpc) is 2.34. The highest BCUT2D eigenvalue weighted by Crippen LogP contribution is 2.33. The molecule has 0 fully saturated rings. The molecule has 0 atom stereocenters. The van der Waals surface area contributed by atoms with E-state index in [2.05, 4.69) is 9.97 Å². The predicted molar refractivity (Wildman–Crippen MR) is 62.0 cm³/mol. The molecule has 2 nitrogen and oxygen atoms in total. The van der Waals surface area contributed by atoms with Gasteiger partial charge in [0.1, 0.15) is 5.52 Å². The van der Waals surface area contributed by atoms with Gasteiger partial charge < -0.3 is 0 Å². The van der Waals surface area contributed by atoms with E-state index in [0.29, 0.717) is 11.0 Å². The van der Waals surface area contributed by atoms with E-state index in [1.165, 1.54) is 12.1 Å².